The second kappa shape index (κ2) is 8.99. The molecule has 1 saturated heterocycles. The number of hydrogen-bond donors (Lipinski definition) is 2. The SMILES string of the molecule is CC(C)CC(=O)Nc1ccc(C(=O)N2CCC(CN)C2)cc1F.Cl. The van der Waals surface area contributed by atoms with E-state index in [9.17, 15) is 14.0 Å². The van der Waals surface area contributed by atoms with E-state index in [0.29, 0.717) is 37.5 Å². The molecule has 5 nitrogen and oxygen atoms in total. The van der Waals surface area contributed by atoms with E-state index < -0.39 is 5.82 Å². The van der Waals surface area contributed by atoms with E-state index in [4.69, 9.17) is 5.73 Å². The fourth-order valence-electron chi connectivity index (χ4n) is 2.71. The Morgan fingerprint density at radius 1 is 1.42 bits per heavy atom. The molecule has 2 rings (SSSR count). The summed E-state index contributed by atoms with van der Waals surface area (Å²) in [6.07, 6.45) is 1.21. The molecule has 0 saturated carbocycles. The molecule has 1 unspecified atom stereocenters. The fourth-order valence-corrected chi connectivity index (χ4v) is 2.71. The van der Waals surface area contributed by atoms with Crippen LogP contribution in [0.5, 0.6) is 0 Å². The minimum atomic E-state index is -0.595. The Balaban J connectivity index is 0.00000288. The van der Waals surface area contributed by atoms with Gasteiger partial charge in [0.05, 0.1) is 5.69 Å². The first-order chi connectivity index (χ1) is 10.9. The number of carbonyl (C=O) groups is 2. The van der Waals surface area contributed by atoms with E-state index in [0.717, 1.165) is 6.42 Å². The lowest BCUT2D eigenvalue weighted by Gasteiger charge is -2.17. The minimum absolute atomic E-state index is 0. The molecule has 1 aromatic rings. The van der Waals surface area contributed by atoms with Crippen molar-refractivity contribution < 1.29 is 14.0 Å². The Hall–Kier alpha value is -1.66. The highest BCUT2D eigenvalue weighted by atomic mass is 35.5. The van der Waals surface area contributed by atoms with Gasteiger partial charge in [0.25, 0.3) is 5.91 Å². The zero-order valence-electron chi connectivity index (χ0n) is 14.0. The summed E-state index contributed by atoms with van der Waals surface area (Å²) in [6.45, 7) is 5.66. The third-order valence-corrected chi connectivity index (χ3v) is 3.99. The highest BCUT2D eigenvalue weighted by Gasteiger charge is 2.26. The second-order valence-corrected chi connectivity index (χ2v) is 6.48. The minimum Gasteiger partial charge on any atom is -0.338 e. The van der Waals surface area contributed by atoms with Crippen molar-refractivity contribution in [2.24, 2.45) is 17.6 Å². The van der Waals surface area contributed by atoms with Crippen LogP contribution in [0.4, 0.5) is 10.1 Å². The lowest BCUT2D eigenvalue weighted by Crippen LogP contribution is -2.30. The zero-order chi connectivity index (χ0) is 17.0. The van der Waals surface area contributed by atoms with Crippen LogP contribution in [0.15, 0.2) is 18.2 Å². The summed E-state index contributed by atoms with van der Waals surface area (Å²) in [5.74, 6) is -0.506. The molecule has 0 spiro atoms. The molecular weight excluding hydrogens is 333 g/mol. The predicted octanol–water partition coefficient (Wildman–Crippen LogP) is 2.65. The number of nitrogens with zero attached hydrogens (tertiary/aromatic N) is 1. The van der Waals surface area contributed by atoms with Crippen LogP contribution >= 0.6 is 12.4 Å². The van der Waals surface area contributed by atoms with Crippen LogP contribution in [0.3, 0.4) is 0 Å². The van der Waals surface area contributed by atoms with E-state index in [2.05, 4.69) is 5.32 Å². The lowest BCUT2D eigenvalue weighted by molar-refractivity contribution is -0.116. The van der Waals surface area contributed by atoms with Crippen LogP contribution in [0.1, 0.15) is 37.0 Å². The summed E-state index contributed by atoms with van der Waals surface area (Å²) >= 11 is 0. The standard InChI is InChI=1S/C17H24FN3O2.ClH/c1-11(2)7-16(22)20-15-4-3-13(8-14(15)18)17(23)21-6-5-12(9-19)10-21;/h3-4,8,11-12H,5-7,9-10,19H2,1-2H3,(H,20,22);1H. The molecule has 0 radical (unpaired) electrons. The number of likely N-dealkylation sites (tertiary alicyclic amines) is 1. The Morgan fingerprint density at radius 3 is 2.67 bits per heavy atom. The number of benzene rings is 1. The summed E-state index contributed by atoms with van der Waals surface area (Å²) in [7, 11) is 0. The second-order valence-electron chi connectivity index (χ2n) is 6.48. The van der Waals surface area contributed by atoms with E-state index in [1.807, 2.05) is 13.8 Å². The molecule has 0 aliphatic carbocycles. The summed E-state index contributed by atoms with van der Waals surface area (Å²) in [4.78, 5) is 25.8. The zero-order valence-corrected chi connectivity index (χ0v) is 14.9. The fraction of sp³-hybridized carbons (Fsp3) is 0.529. The van der Waals surface area contributed by atoms with Gasteiger partial charge in [-0.2, -0.15) is 0 Å². The Kier molecular flexibility index (Phi) is 7.63. The molecule has 1 fully saturated rings. The molecule has 1 aliphatic heterocycles. The molecule has 1 heterocycles. The highest BCUT2D eigenvalue weighted by Crippen LogP contribution is 2.21. The number of anilines is 1. The first-order valence-electron chi connectivity index (χ1n) is 7.99. The normalized spacial score (nSPS) is 16.9. The van der Waals surface area contributed by atoms with Gasteiger partial charge in [0.1, 0.15) is 5.82 Å². The lowest BCUT2D eigenvalue weighted by atomic mass is 10.1. The van der Waals surface area contributed by atoms with E-state index in [1.165, 1.54) is 12.1 Å². The number of carbonyl (C=O) groups excluding carboxylic acids is 2. The number of rotatable bonds is 5. The molecule has 0 bridgehead atoms. The first kappa shape index (κ1) is 20.4. The number of hydrogen-bond acceptors (Lipinski definition) is 3. The first-order valence-corrected chi connectivity index (χ1v) is 7.99. The largest absolute Gasteiger partial charge is 0.338 e. The maximum atomic E-state index is 14.1. The number of nitrogens with two attached hydrogens (primary N) is 1. The van der Waals surface area contributed by atoms with Crippen molar-refractivity contribution in [3.05, 3.63) is 29.6 Å². The topological polar surface area (TPSA) is 75.4 Å². The van der Waals surface area contributed by atoms with Gasteiger partial charge in [-0.15, -0.1) is 12.4 Å². The van der Waals surface area contributed by atoms with Crippen LogP contribution in [-0.2, 0) is 4.79 Å². The van der Waals surface area contributed by atoms with Crippen molar-refractivity contribution in [3.8, 4) is 0 Å². The van der Waals surface area contributed by atoms with Crippen LogP contribution < -0.4 is 11.1 Å². The average molecular weight is 358 g/mol. The highest BCUT2D eigenvalue weighted by molar-refractivity contribution is 5.96. The molecule has 1 atom stereocenters. The van der Waals surface area contributed by atoms with Gasteiger partial charge in [-0.1, -0.05) is 13.8 Å². The summed E-state index contributed by atoms with van der Waals surface area (Å²) in [6, 6.07) is 4.17. The van der Waals surface area contributed by atoms with E-state index >= 15 is 0 Å². The van der Waals surface area contributed by atoms with Crippen molar-refractivity contribution in [2.75, 3.05) is 25.0 Å². The van der Waals surface area contributed by atoms with Gasteiger partial charge in [0.2, 0.25) is 5.91 Å². The van der Waals surface area contributed by atoms with Crippen LogP contribution in [0, 0.1) is 17.7 Å². The van der Waals surface area contributed by atoms with Crippen LogP contribution in [0.2, 0.25) is 0 Å². The average Bonchev–Trinajstić information content (AvgIpc) is 2.96. The van der Waals surface area contributed by atoms with Gasteiger partial charge in [0.15, 0.2) is 0 Å². The van der Waals surface area contributed by atoms with Gasteiger partial charge in [0, 0.05) is 25.1 Å². The van der Waals surface area contributed by atoms with Crippen molar-refractivity contribution in [1.29, 1.82) is 0 Å². The molecule has 0 aromatic heterocycles. The Labute approximate surface area is 148 Å². The summed E-state index contributed by atoms with van der Waals surface area (Å²) in [5, 5.41) is 2.54. The van der Waals surface area contributed by atoms with E-state index in [-0.39, 0.29) is 35.8 Å². The van der Waals surface area contributed by atoms with Gasteiger partial charge in [-0.25, -0.2) is 4.39 Å². The van der Waals surface area contributed by atoms with Crippen molar-refractivity contribution in [1.82, 2.24) is 4.90 Å². The predicted molar refractivity (Wildman–Crippen MR) is 94.8 cm³/mol. The van der Waals surface area contributed by atoms with Crippen molar-refractivity contribution in [2.45, 2.75) is 26.7 Å². The van der Waals surface area contributed by atoms with Gasteiger partial charge < -0.3 is 16.0 Å². The molecule has 1 aliphatic rings. The van der Waals surface area contributed by atoms with Gasteiger partial charge in [-0.3, -0.25) is 9.59 Å². The van der Waals surface area contributed by atoms with Crippen molar-refractivity contribution >= 4 is 29.9 Å². The van der Waals surface area contributed by atoms with E-state index in [1.54, 1.807) is 11.0 Å². The monoisotopic (exact) mass is 357 g/mol. The maximum absolute atomic E-state index is 14.1. The third-order valence-electron chi connectivity index (χ3n) is 3.99. The van der Waals surface area contributed by atoms with Gasteiger partial charge >= 0.3 is 0 Å². The molecule has 1 aromatic carbocycles. The molecule has 2 amide bonds. The van der Waals surface area contributed by atoms with Crippen LogP contribution in [0.25, 0.3) is 0 Å². The summed E-state index contributed by atoms with van der Waals surface area (Å²) in [5.41, 5.74) is 6.02. The quantitative estimate of drug-likeness (QED) is 0.850. The third kappa shape index (κ3) is 5.18. The molecule has 7 heteroatoms. The number of halogens is 2. The molecular formula is C17H25ClFN3O2. The number of amides is 2. The van der Waals surface area contributed by atoms with Crippen molar-refractivity contribution in [3.63, 3.8) is 0 Å². The Morgan fingerprint density at radius 2 is 2.12 bits per heavy atom. The molecule has 3 N–H and O–H groups in total. The Bertz CT molecular complexity index is 595. The van der Waals surface area contributed by atoms with Crippen LogP contribution in [-0.4, -0.2) is 36.3 Å². The smallest absolute Gasteiger partial charge is 0.253 e. The maximum Gasteiger partial charge on any atom is 0.253 e. The van der Waals surface area contributed by atoms with Gasteiger partial charge in [-0.05, 0) is 43.0 Å². The number of nitrogens with one attached hydrogen (secondary N) is 1. The molecule has 134 valence electrons. The molecule has 24 heavy (non-hydrogen) atoms. The summed E-state index contributed by atoms with van der Waals surface area (Å²) < 4.78 is 14.1.